The number of fused-ring (bicyclic) bond motifs is 5. The van der Waals surface area contributed by atoms with Gasteiger partial charge in [-0.15, -0.1) is 0 Å². The van der Waals surface area contributed by atoms with Gasteiger partial charge in [0.2, 0.25) is 0 Å². The molecule has 4 aliphatic rings. The molecule has 35 heavy (non-hydrogen) atoms. The molecule has 0 saturated heterocycles. The third kappa shape index (κ3) is 4.30. The molecule has 1 aromatic rings. The average Bonchev–Trinajstić information content (AvgIpc) is 3.14. The van der Waals surface area contributed by atoms with Gasteiger partial charge < -0.3 is 9.47 Å². The molecule has 4 aliphatic carbocycles. The molecular weight excluding hydrogens is 436 g/mol. The van der Waals surface area contributed by atoms with E-state index >= 15 is 0 Å². The van der Waals surface area contributed by atoms with Gasteiger partial charge in [0, 0.05) is 31.2 Å². The van der Waals surface area contributed by atoms with Crippen molar-refractivity contribution in [3.05, 3.63) is 35.9 Å². The van der Waals surface area contributed by atoms with Gasteiger partial charge in [0.1, 0.15) is 6.10 Å². The Balaban J connectivity index is 1.38. The summed E-state index contributed by atoms with van der Waals surface area (Å²) in [6, 6.07) is 10.00. The quantitative estimate of drug-likeness (QED) is 0.370. The van der Waals surface area contributed by atoms with Crippen LogP contribution in [0.5, 0.6) is 0 Å². The van der Waals surface area contributed by atoms with Crippen molar-refractivity contribution in [1.29, 1.82) is 0 Å². The molecule has 0 spiro atoms. The van der Waals surface area contributed by atoms with Crippen molar-refractivity contribution < 1.29 is 19.1 Å². The van der Waals surface area contributed by atoms with E-state index in [2.05, 4.69) is 25.7 Å². The van der Waals surface area contributed by atoms with Crippen LogP contribution >= 0.6 is 0 Å². The molecule has 0 amide bonds. The number of rotatable bonds is 2. The second-order valence-corrected chi connectivity index (χ2v) is 12.3. The number of esters is 2. The molecule has 5 rings (SSSR count). The Bertz CT molecular complexity index is 1040. The normalized spacial score (nSPS) is 41.9. The van der Waals surface area contributed by atoms with E-state index in [-0.39, 0.29) is 28.9 Å². The van der Waals surface area contributed by atoms with Crippen molar-refractivity contribution in [2.24, 2.45) is 34.5 Å². The van der Waals surface area contributed by atoms with Gasteiger partial charge in [0.05, 0.1) is 0 Å². The van der Waals surface area contributed by atoms with E-state index in [1.165, 1.54) is 32.6 Å². The van der Waals surface area contributed by atoms with Crippen LogP contribution in [-0.4, -0.2) is 23.6 Å². The van der Waals surface area contributed by atoms with Gasteiger partial charge in [-0.3, -0.25) is 9.59 Å². The van der Waals surface area contributed by atoms with E-state index < -0.39 is 5.60 Å². The van der Waals surface area contributed by atoms with Crippen molar-refractivity contribution in [3.63, 3.8) is 0 Å². The Morgan fingerprint density at radius 1 is 0.857 bits per heavy atom. The Morgan fingerprint density at radius 3 is 2.31 bits per heavy atom. The largest absolute Gasteiger partial charge is 0.462 e. The van der Waals surface area contributed by atoms with Gasteiger partial charge >= 0.3 is 11.9 Å². The first kappa shape index (κ1) is 24.4. The van der Waals surface area contributed by atoms with Crippen molar-refractivity contribution in [2.75, 3.05) is 0 Å². The molecule has 0 bridgehead atoms. The molecule has 4 saturated carbocycles. The number of carbonyl (C=O) groups excluding carboxylic acids is 2. The molecule has 8 atom stereocenters. The average molecular weight is 477 g/mol. The summed E-state index contributed by atoms with van der Waals surface area (Å²) in [5.74, 6) is 8.91. The van der Waals surface area contributed by atoms with E-state index in [1.54, 1.807) is 6.92 Å². The molecule has 4 heteroatoms. The van der Waals surface area contributed by atoms with Crippen LogP contribution in [0.1, 0.15) is 91.0 Å². The zero-order valence-corrected chi connectivity index (χ0v) is 21.8. The fraction of sp³-hybridized carbons (Fsp3) is 0.677. The molecule has 4 fully saturated rings. The lowest BCUT2D eigenvalue weighted by Gasteiger charge is -2.61. The van der Waals surface area contributed by atoms with Crippen LogP contribution in [0.2, 0.25) is 0 Å². The van der Waals surface area contributed by atoms with E-state index in [0.717, 1.165) is 37.7 Å². The van der Waals surface area contributed by atoms with Gasteiger partial charge in [0.15, 0.2) is 5.60 Å². The smallest absolute Gasteiger partial charge is 0.304 e. The van der Waals surface area contributed by atoms with Crippen LogP contribution < -0.4 is 0 Å². The molecular formula is C31H40O4. The molecule has 0 aliphatic heterocycles. The van der Waals surface area contributed by atoms with Crippen LogP contribution in [0.3, 0.4) is 0 Å². The van der Waals surface area contributed by atoms with Crippen molar-refractivity contribution in [1.82, 2.24) is 0 Å². The number of ether oxygens (including phenoxy) is 2. The molecule has 0 heterocycles. The highest BCUT2D eigenvalue weighted by atomic mass is 16.6. The summed E-state index contributed by atoms with van der Waals surface area (Å²) in [6.07, 6.45) is 9.69. The number of carbonyl (C=O) groups is 2. The Kier molecular flexibility index (Phi) is 6.27. The minimum atomic E-state index is -0.685. The highest BCUT2D eigenvalue weighted by Crippen LogP contribution is 2.67. The SMILES string of the molecule is CC(=O)O[C@H]1CC[C@@H]2[C@@H]3CC[C@H]4C[C@@](C#Cc5ccccc5)(OC(C)=O)CC[C@]4(C)[C@H]3CC[C@]12C. The Hall–Kier alpha value is -2.28. The first-order valence-electron chi connectivity index (χ1n) is 13.6. The Labute approximate surface area is 210 Å². The van der Waals surface area contributed by atoms with Crippen molar-refractivity contribution in [3.8, 4) is 11.8 Å². The van der Waals surface area contributed by atoms with E-state index in [4.69, 9.17) is 9.47 Å². The maximum absolute atomic E-state index is 12.1. The molecule has 0 unspecified atom stereocenters. The van der Waals surface area contributed by atoms with E-state index in [1.807, 2.05) is 30.3 Å². The fourth-order valence-electron chi connectivity index (χ4n) is 8.79. The highest BCUT2D eigenvalue weighted by Gasteiger charge is 2.62. The van der Waals surface area contributed by atoms with Crippen molar-refractivity contribution >= 4 is 11.9 Å². The predicted octanol–water partition coefficient (Wildman–Crippen LogP) is 6.31. The lowest BCUT2D eigenvalue weighted by molar-refractivity contribution is -0.175. The van der Waals surface area contributed by atoms with Gasteiger partial charge in [-0.2, -0.15) is 0 Å². The molecule has 1 aromatic carbocycles. The van der Waals surface area contributed by atoms with E-state index in [9.17, 15) is 9.59 Å². The molecule has 4 nitrogen and oxygen atoms in total. The summed E-state index contributed by atoms with van der Waals surface area (Å²) >= 11 is 0. The van der Waals surface area contributed by atoms with Crippen LogP contribution in [0.4, 0.5) is 0 Å². The molecule has 0 radical (unpaired) electrons. The lowest BCUT2D eigenvalue weighted by atomic mass is 9.44. The summed E-state index contributed by atoms with van der Waals surface area (Å²) < 4.78 is 11.8. The number of benzene rings is 1. The monoisotopic (exact) mass is 476 g/mol. The fourth-order valence-corrected chi connectivity index (χ4v) is 8.79. The van der Waals surface area contributed by atoms with Gasteiger partial charge in [-0.05, 0) is 98.5 Å². The zero-order chi connectivity index (χ0) is 24.8. The minimum Gasteiger partial charge on any atom is -0.462 e. The second-order valence-electron chi connectivity index (χ2n) is 12.3. The summed E-state index contributed by atoms with van der Waals surface area (Å²) in [5.41, 5.74) is 0.649. The number of hydrogen-bond acceptors (Lipinski definition) is 4. The van der Waals surface area contributed by atoms with Gasteiger partial charge in [0.25, 0.3) is 0 Å². The predicted molar refractivity (Wildman–Crippen MR) is 135 cm³/mol. The standard InChI is InChI=1S/C31H40O4/c1-21(32)34-28-13-12-26-25-11-10-24-20-31(35-22(2)33,17-14-23-8-6-5-7-9-23)19-18-29(24,3)27(25)15-16-30(26,28)4/h5-9,24-28H,10-13,15-16,18-20H2,1-4H3/t24-,25-,26+,27-,28-,29-,30-,31-/m0/s1. The topological polar surface area (TPSA) is 52.6 Å². The molecule has 0 aromatic heterocycles. The second kappa shape index (κ2) is 8.99. The maximum Gasteiger partial charge on any atom is 0.304 e. The number of hydrogen-bond donors (Lipinski definition) is 0. The van der Waals surface area contributed by atoms with Crippen molar-refractivity contribution in [2.45, 2.75) is 97.2 Å². The van der Waals surface area contributed by atoms with Crippen LogP contribution in [0, 0.1) is 46.3 Å². The third-order valence-corrected chi connectivity index (χ3v) is 10.5. The first-order chi connectivity index (χ1) is 16.7. The molecule has 188 valence electrons. The van der Waals surface area contributed by atoms with Crippen LogP contribution in [-0.2, 0) is 19.1 Å². The first-order valence-corrected chi connectivity index (χ1v) is 13.6. The lowest BCUT2D eigenvalue weighted by Crippen LogP contribution is -2.56. The van der Waals surface area contributed by atoms with Crippen LogP contribution in [0.25, 0.3) is 0 Å². The van der Waals surface area contributed by atoms with E-state index in [0.29, 0.717) is 23.7 Å². The summed E-state index contributed by atoms with van der Waals surface area (Å²) in [7, 11) is 0. The summed E-state index contributed by atoms with van der Waals surface area (Å²) in [4.78, 5) is 23.9. The van der Waals surface area contributed by atoms with Gasteiger partial charge in [-0.25, -0.2) is 0 Å². The molecule has 0 N–H and O–H groups in total. The third-order valence-electron chi connectivity index (χ3n) is 10.5. The zero-order valence-electron chi connectivity index (χ0n) is 21.8. The minimum absolute atomic E-state index is 0.0766. The summed E-state index contributed by atoms with van der Waals surface area (Å²) in [6.45, 7) is 7.96. The highest BCUT2D eigenvalue weighted by molar-refractivity contribution is 5.67. The van der Waals surface area contributed by atoms with Crippen LogP contribution in [0.15, 0.2) is 30.3 Å². The van der Waals surface area contributed by atoms with Gasteiger partial charge in [-0.1, -0.05) is 38.0 Å². The summed E-state index contributed by atoms with van der Waals surface area (Å²) in [5, 5.41) is 0. The Morgan fingerprint density at radius 2 is 1.60 bits per heavy atom. The maximum atomic E-state index is 12.1.